The van der Waals surface area contributed by atoms with Crippen LogP contribution in [-0.4, -0.2) is 32.5 Å². The molecule has 0 saturated carbocycles. The van der Waals surface area contributed by atoms with Gasteiger partial charge in [-0.05, 0) is 12.5 Å². The molecule has 1 heterocycles. The molecule has 1 aliphatic heterocycles. The molecule has 0 aliphatic carbocycles. The number of amides is 1. The molecule has 1 aromatic carbocycles. The SMILES string of the molecule is C=CCCOCCNC(=O)c1cc2c(cc1N)OCO2. The van der Waals surface area contributed by atoms with Crippen LogP contribution in [0.4, 0.5) is 5.69 Å². The van der Waals surface area contributed by atoms with Crippen molar-refractivity contribution in [2.45, 2.75) is 6.42 Å². The zero-order valence-electron chi connectivity index (χ0n) is 11.2. The van der Waals surface area contributed by atoms with Crippen molar-refractivity contribution in [3.8, 4) is 11.5 Å². The van der Waals surface area contributed by atoms with Gasteiger partial charge in [0.1, 0.15) is 0 Å². The van der Waals surface area contributed by atoms with Gasteiger partial charge in [0.2, 0.25) is 6.79 Å². The Balaban J connectivity index is 1.85. The van der Waals surface area contributed by atoms with Crippen LogP contribution < -0.4 is 20.5 Å². The Hall–Kier alpha value is -2.21. The van der Waals surface area contributed by atoms with Gasteiger partial charge >= 0.3 is 0 Å². The van der Waals surface area contributed by atoms with Gasteiger partial charge in [0, 0.05) is 18.3 Å². The van der Waals surface area contributed by atoms with E-state index in [9.17, 15) is 4.79 Å². The highest BCUT2D eigenvalue weighted by atomic mass is 16.7. The van der Waals surface area contributed by atoms with Crippen molar-refractivity contribution in [1.82, 2.24) is 5.32 Å². The summed E-state index contributed by atoms with van der Waals surface area (Å²) in [6.45, 7) is 5.22. The van der Waals surface area contributed by atoms with E-state index in [4.69, 9.17) is 19.9 Å². The minimum atomic E-state index is -0.256. The van der Waals surface area contributed by atoms with E-state index in [0.717, 1.165) is 6.42 Å². The number of hydrogen-bond acceptors (Lipinski definition) is 5. The van der Waals surface area contributed by atoms with Gasteiger partial charge in [-0.3, -0.25) is 4.79 Å². The lowest BCUT2D eigenvalue weighted by Gasteiger charge is -2.09. The van der Waals surface area contributed by atoms with Crippen molar-refractivity contribution in [3.05, 3.63) is 30.4 Å². The maximum Gasteiger partial charge on any atom is 0.253 e. The molecule has 0 bridgehead atoms. The third-order valence-corrected chi connectivity index (χ3v) is 2.79. The lowest BCUT2D eigenvalue weighted by atomic mass is 10.1. The lowest BCUT2D eigenvalue weighted by molar-refractivity contribution is 0.0918. The molecule has 0 atom stereocenters. The summed E-state index contributed by atoms with van der Waals surface area (Å²) in [7, 11) is 0. The average Bonchev–Trinajstić information content (AvgIpc) is 2.88. The molecule has 0 aromatic heterocycles. The van der Waals surface area contributed by atoms with Crippen LogP contribution in [0.3, 0.4) is 0 Å². The normalized spacial score (nSPS) is 12.2. The van der Waals surface area contributed by atoms with E-state index in [1.165, 1.54) is 0 Å². The van der Waals surface area contributed by atoms with Crippen molar-refractivity contribution in [2.24, 2.45) is 0 Å². The van der Waals surface area contributed by atoms with Gasteiger partial charge in [-0.15, -0.1) is 6.58 Å². The Morgan fingerprint density at radius 2 is 2.15 bits per heavy atom. The quantitative estimate of drug-likeness (QED) is 0.446. The largest absolute Gasteiger partial charge is 0.454 e. The lowest BCUT2D eigenvalue weighted by Crippen LogP contribution is -2.28. The topological polar surface area (TPSA) is 82.8 Å². The summed E-state index contributed by atoms with van der Waals surface area (Å²) in [6.07, 6.45) is 2.58. The smallest absolute Gasteiger partial charge is 0.253 e. The summed E-state index contributed by atoms with van der Waals surface area (Å²) < 4.78 is 15.7. The molecule has 0 unspecified atom stereocenters. The van der Waals surface area contributed by atoms with Crippen LogP contribution in [0.1, 0.15) is 16.8 Å². The van der Waals surface area contributed by atoms with E-state index < -0.39 is 0 Å². The molecule has 1 aromatic rings. The van der Waals surface area contributed by atoms with Crippen LogP contribution >= 0.6 is 0 Å². The first kappa shape index (κ1) is 14.2. The van der Waals surface area contributed by atoms with Crippen LogP contribution in [0.15, 0.2) is 24.8 Å². The number of nitrogens with two attached hydrogens (primary N) is 1. The number of nitrogens with one attached hydrogen (secondary N) is 1. The first-order valence-electron chi connectivity index (χ1n) is 6.38. The van der Waals surface area contributed by atoms with E-state index in [0.29, 0.717) is 42.5 Å². The van der Waals surface area contributed by atoms with Crippen LogP contribution in [-0.2, 0) is 4.74 Å². The van der Waals surface area contributed by atoms with E-state index >= 15 is 0 Å². The molecule has 0 saturated heterocycles. The summed E-state index contributed by atoms with van der Waals surface area (Å²) in [6, 6.07) is 3.18. The number of nitrogen functional groups attached to an aromatic ring is 1. The molecule has 0 fully saturated rings. The molecule has 2 rings (SSSR count). The van der Waals surface area contributed by atoms with Gasteiger partial charge in [-0.2, -0.15) is 0 Å². The van der Waals surface area contributed by atoms with Crippen molar-refractivity contribution < 1.29 is 19.0 Å². The first-order chi connectivity index (χ1) is 9.72. The number of rotatable bonds is 7. The fraction of sp³-hybridized carbons (Fsp3) is 0.357. The maximum atomic E-state index is 12.0. The summed E-state index contributed by atoms with van der Waals surface area (Å²) in [5.74, 6) is 0.839. The fourth-order valence-electron chi connectivity index (χ4n) is 1.76. The highest BCUT2D eigenvalue weighted by Crippen LogP contribution is 2.35. The molecular formula is C14H18N2O4. The monoisotopic (exact) mass is 278 g/mol. The summed E-state index contributed by atoms with van der Waals surface area (Å²) in [5.41, 5.74) is 6.56. The van der Waals surface area contributed by atoms with Gasteiger partial charge in [-0.1, -0.05) is 6.08 Å². The molecule has 6 heteroatoms. The standard InChI is InChI=1S/C14H18N2O4/c1-2-3-5-18-6-4-16-14(17)10-7-12-13(8-11(10)15)20-9-19-12/h2,7-8H,1,3-6,9,15H2,(H,16,17). The Labute approximate surface area is 117 Å². The van der Waals surface area contributed by atoms with Crippen LogP contribution in [0.5, 0.6) is 11.5 Å². The van der Waals surface area contributed by atoms with Gasteiger partial charge in [0.05, 0.1) is 18.8 Å². The second-order valence-electron chi connectivity index (χ2n) is 4.24. The van der Waals surface area contributed by atoms with E-state index in [2.05, 4.69) is 11.9 Å². The highest BCUT2D eigenvalue weighted by Gasteiger charge is 2.19. The summed E-state index contributed by atoms with van der Waals surface area (Å²) >= 11 is 0. The number of hydrogen-bond donors (Lipinski definition) is 2. The molecule has 20 heavy (non-hydrogen) atoms. The highest BCUT2D eigenvalue weighted by molar-refractivity contribution is 6.00. The van der Waals surface area contributed by atoms with Crippen LogP contribution in [0.2, 0.25) is 0 Å². The molecular weight excluding hydrogens is 260 g/mol. The Morgan fingerprint density at radius 3 is 2.90 bits per heavy atom. The van der Waals surface area contributed by atoms with Crippen LogP contribution in [0, 0.1) is 0 Å². The number of benzene rings is 1. The van der Waals surface area contributed by atoms with E-state index in [-0.39, 0.29) is 12.7 Å². The Kier molecular flexibility index (Phi) is 4.84. The predicted octanol–water partition coefficient (Wildman–Crippen LogP) is 1.32. The molecule has 0 spiro atoms. The zero-order chi connectivity index (χ0) is 14.4. The Bertz CT molecular complexity index is 502. The number of anilines is 1. The third-order valence-electron chi connectivity index (χ3n) is 2.79. The van der Waals surface area contributed by atoms with Crippen LogP contribution in [0.25, 0.3) is 0 Å². The summed E-state index contributed by atoms with van der Waals surface area (Å²) in [5, 5.41) is 2.74. The van der Waals surface area contributed by atoms with E-state index in [1.54, 1.807) is 18.2 Å². The number of carbonyl (C=O) groups is 1. The second kappa shape index (κ2) is 6.81. The summed E-state index contributed by atoms with van der Waals surface area (Å²) in [4.78, 5) is 12.0. The van der Waals surface area contributed by atoms with E-state index in [1.807, 2.05) is 0 Å². The van der Waals surface area contributed by atoms with Gasteiger partial charge in [-0.25, -0.2) is 0 Å². The molecule has 0 radical (unpaired) electrons. The molecule has 108 valence electrons. The maximum absolute atomic E-state index is 12.0. The van der Waals surface area contributed by atoms with Crippen molar-refractivity contribution >= 4 is 11.6 Å². The number of carbonyl (C=O) groups excluding carboxylic acids is 1. The number of ether oxygens (including phenoxy) is 3. The van der Waals surface area contributed by atoms with Gasteiger partial charge in [0.25, 0.3) is 5.91 Å². The van der Waals surface area contributed by atoms with Crippen molar-refractivity contribution in [3.63, 3.8) is 0 Å². The average molecular weight is 278 g/mol. The second-order valence-corrected chi connectivity index (χ2v) is 4.24. The Morgan fingerprint density at radius 1 is 1.40 bits per heavy atom. The third kappa shape index (κ3) is 3.42. The van der Waals surface area contributed by atoms with Crippen molar-refractivity contribution in [2.75, 3.05) is 32.3 Å². The zero-order valence-corrected chi connectivity index (χ0v) is 11.2. The molecule has 3 N–H and O–H groups in total. The minimum Gasteiger partial charge on any atom is -0.454 e. The predicted molar refractivity (Wildman–Crippen MR) is 74.9 cm³/mol. The first-order valence-corrected chi connectivity index (χ1v) is 6.38. The molecule has 1 aliphatic rings. The number of fused-ring (bicyclic) bond motifs is 1. The van der Waals surface area contributed by atoms with Gasteiger partial charge < -0.3 is 25.3 Å². The fourth-order valence-corrected chi connectivity index (χ4v) is 1.76. The van der Waals surface area contributed by atoms with Crippen molar-refractivity contribution in [1.29, 1.82) is 0 Å². The molecule has 1 amide bonds. The minimum absolute atomic E-state index is 0.150. The molecule has 6 nitrogen and oxygen atoms in total. The van der Waals surface area contributed by atoms with Gasteiger partial charge in [0.15, 0.2) is 11.5 Å².